The Labute approximate surface area is 110 Å². The predicted molar refractivity (Wildman–Crippen MR) is 77.7 cm³/mol. The Morgan fingerprint density at radius 1 is 1.06 bits per heavy atom. The quantitative estimate of drug-likeness (QED) is 0.549. The van der Waals surface area contributed by atoms with Crippen LogP contribution in [0.1, 0.15) is 26.3 Å². The lowest BCUT2D eigenvalue weighted by Crippen LogP contribution is -2.26. The fourth-order valence-corrected chi connectivity index (χ4v) is 2.38. The van der Waals surface area contributed by atoms with Crippen molar-refractivity contribution in [1.82, 2.24) is 10.6 Å². The third kappa shape index (κ3) is 6.71. The van der Waals surface area contributed by atoms with Crippen LogP contribution >= 0.6 is 11.8 Å². The van der Waals surface area contributed by atoms with Crippen molar-refractivity contribution >= 4 is 11.8 Å². The highest BCUT2D eigenvalue weighted by molar-refractivity contribution is 7.99. The first-order valence-electron chi connectivity index (χ1n) is 6.39. The molecule has 0 unspecified atom stereocenters. The molecule has 0 atom stereocenters. The van der Waals surface area contributed by atoms with E-state index in [1.807, 2.05) is 11.8 Å². The van der Waals surface area contributed by atoms with Crippen LogP contribution in [0, 0.1) is 0 Å². The van der Waals surface area contributed by atoms with Gasteiger partial charge in [0.2, 0.25) is 0 Å². The van der Waals surface area contributed by atoms with Gasteiger partial charge in [-0.15, -0.1) is 11.8 Å². The van der Waals surface area contributed by atoms with Gasteiger partial charge in [-0.2, -0.15) is 0 Å². The van der Waals surface area contributed by atoms with Crippen molar-refractivity contribution in [3.63, 3.8) is 0 Å². The summed E-state index contributed by atoms with van der Waals surface area (Å²) in [6.45, 7) is 10.6. The second kappa shape index (κ2) is 8.56. The summed E-state index contributed by atoms with van der Waals surface area (Å²) in [5.74, 6) is 0. The van der Waals surface area contributed by atoms with Gasteiger partial charge in [0.05, 0.1) is 0 Å². The van der Waals surface area contributed by atoms with Crippen molar-refractivity contribution < 1.29 is 0 Å². The van der Waals surface area contributed by atoms with Gasteiger partial charge in [-0.25, -0.2) is 0 Å². The van der Waals surface area contributed by atoms with Crippen LogP contribution in [0.2, 0.25) is 0 Å². The van der Waals surface area contributed by atoms with Crippen LogP contribution in [0.3, 0.4) is 0 Å². The lowest BCUT2D eigenvalue weighted by atomic mass is 10.2. The summed E-state index contributed by atoms with van der Waals surface area (Å²) in [6.07, 6.45) is 0. The van der Waals surface area contributed by atoms with E-state index < -0.39 is 0 Å². The molecule has 0 fully saturated rings. The average Bonchev–Trinajstić information content (AvgIpc) is 2.30. The van der Waals surface area contributed by atoms with E-state index in [4.69, 9.17) is 0 Å². The van der Waals surface area contributed by atoms with E-state index in [9.17, 15) is 0 Å². The molecule has 0 bridgehead atoms. The Morgan fingerprint density at radius 3 is 2.29 bits per heavy atom. The van der Waals surface area contributed by atoms with Crippen LogP contribution in [-0.4, -0.2) is 24.9 Å². The van der Waals surface area contributed by atoms with Gasteiger partial charge in [0, 0.05) is 29.8 Å². The number of hydrogen-bond acceptors (Lipinski definition) is 3. The molecule has 0 spiro atoms. The Hall–Kier alpha value is -0.510. The molecule has 0 amide bonds. The van der Waals surface area contributed by atoms with Gasteiger partial charge < -0.3 is 10.6 Å². The fourth-order valence-electron chi connectivity index (χ4n) is 1.54. The van der Waals surface area contributed by atoms with Crippen LogP contribution in [-0.2, 0) is 6.54 Å². The number of thioether (sulfide) groups is 1. The van der Waals surface area contributed by atoms with Gasteiger partial charge in [-0.05, 0) is 24.2 Å². The van der Waals surface area contributed by atoms with Crippen molar-refractivity contribution in [3.8, 4) is 0 Å². The molecular formula is C14H24N2S. The summed E-state index contributed by atoms with van der Waals surface area (Å²) < 4.78 is 0. The normalized spacial score (nSPS) is 11.1. The molecule has 0 saturated carbocycles. The third-order valence-corrected chi connectivity index (χ3v) is 3.37. The maximum Gasteiger partial charge on any atom is 0.0206 e. The molecule has 0 saturated heterocycles. The minimum atomic E-state index is 0.652. The van der Waals surface area contributed by atoms with E-state index in [0.29, 0.717) is 5.25 Å². The Bertz CT molecular complexity index is 296. The maximum absolute atomic E-state index is 3.43. The average molecular weight is 252 g/mol. The van der Waals surface area contributed by atoms with Crippen LogP contribution in [0.15, 0.2) is 29.2 Å². The second-order valence-electron chi connectivity index (χ2n) is 4.34. The molecule has 3 heteroatoms. The standard InChI is InChI=1S/C14H24N2S/c1-4-15-9-10-16-11-13-5-7-14(8-6-13)17-12(2)3/h5-8,12,15-16H,4,9-11H2,1-3H3. The Kier molecular flexibility index (Phi) is 7.33. The van der Waals surface area contributed by atoms with Gasteiger partial charge in [0.25, 0.3) is 0 Å². The van der Waals surface area contributed by atoms with E-state index in [1.54, 1.807) is 0 Å². The maximum atomic E-state index is 3.43. The van der Waals surface area contributed by atoms with Crippen molar-refractivity contribution in [1.29, 1.82) is 0 Å². The smallest absolute Gasteiger partial charge is 0.0206 e. The van der Waals surface area contributed by atoms with Crippen LogP contribution in [0.4, 0.5) is 0 Å². The molecule has 96 valence electrons. The highest BCUT2D eigenvalue weighted by Gasteiger charge is 1.98. The summed E-state index contributed by atoms with van der Waals surface area (Å²) >= 11 is 1.91. The molecule has 0 aromatic heterocycles. The zero-order valence-corrected chi connectivity index (χ0v) is 11.9. The number of hydrogen-bond donors (Lipinski definition) is 2. The predicted octanol–water partition coefficient (Wildman–Crippen LogP) is 2.89. The Balaban J connectivity index is 2.25. The molecular weight excluding hydrogens is 228 g/mol. The highest BCUT2D eigenvalue weighted by atomic mass is 32.2. The minimum Gasteiger partial charge on any atom is -0.316 e. The van der Waals surface area contributed by atoms with Gasteiger partial charge in [-0.1, -0.05) is 32.9 Å². The minimum absolute atomic E-state index is 0.652. The van der Waals surface area contributed by atoms with E-state index in [1.165, 1.54) is 10.5 Å². The molecule has 0 aliphatic heterocycles. The molecule has 2 N–H and O–H groups in total. The first kappa shape index (κ1) is 14.6. The number of benzene rings is 1. The molecule has 1 aromatic rings. The molecule has 17 heavy (non-hydrogen) atoms. The molecule has 0 heterocycles. The zero-order chi connectivity index (χ0) is 12.5. The van der Waals surface area contributed by atoms with Crippen LogP contribution < -0.4 is 10.6 Å². The summed E-state index contributed by atoms with van der Waals surface area (Å²) in [4.78, 5) is 1.36. The lowest BCUT2D eigenvalue weighted by Gasteiger charge is -2.07. The molecule has 2 nitrogen and oxygen atoms in total. The van der Waals surface area contributed by atoms with Gasteiger partial charge >= 0.3 is 0 Å². The van der Waals surface area contributed by atoms with Gasteiger partial charge in [0.15, 0.2) is 0 Å². The topological polar surface area (TPSA) is 24.1 Å². The van der Waals surface area contributed by atoms with Crippen molar-refractivity contribution in [2.24, 2.45) is 0 Å². The summed E-state index contributed by atoms with van der Waals surface area (Å²) in [5.41, 5.74) is 1.36. The van der Waals surface area contributed by atoms with Crippen molar-refractivity contribution in [3.05, 3.63) is 29.8 Å². The molecule has 1 rings (SSSR count). The van der Waals surface area contributed by atoms with Gasteiger partial charge in [-0.3, -0.25) is 0 Å². The molecule has 0 aliphatic carbocycles. The summed E-state index contributed by atoms with van der Waals surface area (Å²) in [5, 5.41) is 7.38. The van der Waals surface area contributed by atoms with Gasteiger partial charge in [0.1, 0.15) is 0 Å². The number of rotatable bonds is 8. The molecule has 1 aromatic carbocycles. The molecule has 0 radical (unpaired) electrons. The van der Waals surface area contributed by atoms with E-state index in [2.05, 4.69) is 55.7 Å². The molecule has 0 aliphatic rings. The monoisotopic (exact) mass is 252 g/mol. The van der Waals surface area contributed by atoms with Crippen LogP contribution in [0.25, 0.3) is 0 Å². The Morgan fingerprint density at radius 2 is 1.71 bits per heavy atom. The van der Waals surface area contributed by atoms with E-state index in [-0.39, 0.29) is 0 Å². The summed E-state index contributed by atoms with van der Waals surface area (Å²) in [6, 6.07) is 8.86. The van der Waals surface area contributed by atoms with Crippen molar-refractivity contribution in [2.75, 3.05) is 19.6 Å². The first-order valence-corrected chi connectivity index (χ1v) is 7.27. The van der Waals surface area contributed by atoms with Crippen molar-refractivity contribution in [2.45, 2.75) is 37.5 Å². The van der Waals surface area contributed by atoms with E-state index >= 15 is 0 Å². The highest BCUT2D eigenvalue weighted by Crippen LogP contribution is 2.22. The number of likely N-dealkylation sites (N-methyl/N-ethyl adjacent to an activating group) is 1. The van der Waals surface area contributed by atoms with Crippen LogP contribution in [0.5, 0.6) is 0 Å². The second-order valence-corrected chi connectivity index (χ2v) is 5.99. The first-order chi connectivity index (χ1) is 8.22. The third-order valence-electron chi connectivity index (χ3n) is 2.35. The van der Waals surface area contributed by atoms with E-state index in [0.717, 1.165) is 26.2 Å². The fraction of sp³-hybridized carbons (Fsp3) is 0.571. The zero-order valence-electron chi connectivity index (χ0n) is 11.1. The SMILES string of the molecule is CCNCCNCc1ccc(SC(C)C)cc1. The summed E-state index contributed by atoms with van der Waals surface area (Å²) in [7, 11) is 0. The number of nitrogens with one attached hydrogen (secondary N) is 2. The largest absolute Gasteiger partial charge is 0.316 e. The lowest BCUT2D eigenvalue weighted by molar-refractivity contribution is 0.625.